The van der Waals surface area contributed by atoms with Crippen molar-refractivity contribution in [3.05, 3.63) is 47.3 Å². The minimum Gasteiger partial charge on any atom is -0.359 e. The molecule has 1 aromatic carbocycles. The van der Waals surface area contributed by atoms with Crippen molar-refractivity contribution in [3.8, 4) is 0 Å². The van der Waals surface area contributed by atoms with E-state index in [0.29, 0.717) is 13.1 Å². The molecule has 1 atom stereocenters. The first-order valence-electron chi connectivity index (χ1n) is 8.63. The van der Waals surface area contributed by atoms with E-state index < -0.39 is 0 Å². The number of aromatic nitrogens is 1. The summed E-state index contributed by atoms with van der Waals surface area (Å²) in [5.74, 6) is 1.01. The van der Waals surface area contributed by atoms with Gasteiger partial charge in [0.25, 0.3) is 0 Å². The SMILES string of the molecule is CCN(C(=O)CN1CCC[C@@H]1c1cc(C)no1)c1ccccc1C. The van der Waals surface area contributed by atoms with Crippen LogP contribution in [0.4, 0.5) is 5.69 Å². The van der Waals surface area contributed by atoms with Crippen LogP contribution in [0.2, 0.25) is 0 Å². The lowest BCUT2D eigenvalue weighted by molar-refractivity contribution is -0.120. The molecule has 1 saturated heterocycles. The van der Waals surface area contributed by atoms with Crippen LogP contribution in [0.3, 0.4) is 0 Å². The van der Waals surface area contributed by atoms with Crippen LogP contribution in [0, 0.1) is 13.8 Å². The van der Waals surface area contributed by atoms with E-state index in [9.17, 15) is 4.79 Å². The van der Waals surface area contributed by atoms with Crippen LogP contribution in [0.15, 0.2) is 34.9 Å². The number of nitrogens with zero attached hydrogens (tertiary/aromatic N) is 3. The topological polar surface area (TPSA) is 49.6 Å². The van der Waals surface area contributed by atoms with Crippen LogP contribution in [0.1, 0.15) is 42.8 Å². The molecule has 1 fully saturated rings. The molecule has 128 valence electrons. The third kappa shape index (κ3) is 3.36. The van der Waals surface area contributed by atoms with E-state index in [4.69, 9.17) is 4.52 Å². The molecule has 3 rings (SSSR count). The van der Waals surface area contributed by atoms with Gasteiger partial charge in [0.1, 0.15) is 0 Å². The van der Waals surface area contributed by atoms with Crippen molar-refractivity contribution in [2.45, 2.75) is 39.7 Å². The number of hydrogen-bond donors (Lipinski definition) is 0. The molecule has 24 heavy (non-hydrogen) atoms. The molecule has 5 heteroatoms. The molecule has 0 saturated carbocycles. The Morgan fingerprint density at radius 1 is 1.38 bits per heavy atom. The Kier molecular flexibility index (Phi) is 5.00. The molecular weight excluding hydrogens is 302 g/mol. The molecule has 1 aliphatic rings. The van der Waals surface area contributed by atoms with E-state index in [0.717, 1.165) is 42.1 Å². The van der Waals surface area contributed by atoms with Crippen molar-refractivity contribution in [2.75, 3.05) is 24.5 Å². The Hall–Kier alpha value is -2.14. The fourth-order valence-corrected chi connectivity index (χ4v) is 3.48. The monoisotopic (exact) mass is 327 g/mol. The number of rotatable bonds is 5. The highest BCUT2D eigenvalue weighted by Gasteiger charge is 2.31. The summed E-state index contributed by atoms with van der Waals surface area (Å²) in [5, 5.41) is 3.99. The van der Waals surface area contributed by atoms with Crippen molar-refractivity contribution in [2.24, 2.45) is 0 Å². The van der Waals surface area contributed by atoms with Crippen LogP contribution in [-0.2, 0) is 4.79 Å². The zero-order valence-electron chi connectivity index (χ0n) is 14.7. The lowest BCUT2D eigenvalue weighted by Gasteiger charge is -2.27. The second kappa shape index (κ2) is 7.18. The molecule has 1 aromatic heterocycles. The first-order chi connectivity index (χ1) is 11.6. The summed E-state index contributed by atoms with van der Waals surface area (Å²) in [6.45, 7) is 7.99. The first kappa shape index (κ1) is 16.7. The van der Waals surface area contributed by atoms with Crippen molar-refractivity contribution in [1.82, 2.24) is 10.1 Å². The summed E-state index contributed by atoms with van der Waals surface area (Å²) in [5.41, 5.74) is 3.01. The number of anilines is 1. The largest absolute Gasteiger partial charge is 0.359 e. The van der Waals surface area contributed by atoms with Crippen molar-refractivity contribution >= 4 is 11.6 Å². The number of likely N-dealkylation sites (N-methyl/N-ethyl adjacent to an activating group) is 1. The second-order valence-corrected chi connectivity index (χ2v) is 6.42. The number of para-hydroxylation sites is 1. The molecule has 5 nitrogen and oxygen atoms in total. The maximum atomic E-state index is 12.9. The van der Waals surface area contributed by atoms with E-state index in [2.05, 4.69) is 10.1 Å². The summed E-state index contributed by atoms with van der Waals surface area (Å²) in [4.78, 5) is 17.0. The Morgan fingerprint density at radius 3 is 2.83 bits per heavy atom. The highest BCUT2D eigenvalue weighted by Crippen LogP contribution is 2.32. The van der Waals surface area contributed by atoms with Gasteiger partial charge < -0.3 is 9.42 Å². The van der Waals surface area contributed by atoms with Gasteiger partial charge in [0, 0.05) is 18.3 Å². The number of hydrogen-bond acceptors (Lipinski definition) is 4. The third-order valence-electron chi connectivity index (χ3n) is 4.70. The Balaban J connectivity index is 1.74. The van der Waals surface area contributed by atoms with Crippen LogP contribution < -0.4 is 4.90 Å². The van der Waals surface area contributed by atoms with Crippen molar-refractivity contribution in [3.63, 3.8) is 0 Å². The van der Waals surface area contributed by atoms with Gasteiger partial charge in [-0.3, -0.25) is 9.69 Å². The number of aryl methyl sites for hydroxylation is 2. The maximum Gasteiger partial charge on any atom is 0.241 e. The Morgan fingerprint density at radius 2 is 2.17 bits per heavy atom. The van der Waals surface area contributed by atoms with Gasteiger partial charge in [0.2, 0.25) is 5.91 Å². The average Bonchev–Trinajstić information content (AvgIpc) is 3.18. The lowest BCUT2D eigenvalue weighted by atomic mass is 10.1. The minimum absolute atomic E-state index is 0.134. The van der Waals surface area contributed by atoms with Crippen molar-refractivity contribution in [1.29, 1.82) is 0 Å². The fraction of sp³-hybridized carbons (Fsp3) is 0.474. The lowest BCUT2D eigenvalue weighted by Crippen LogP contribution is -2.40. The Bertz CT molecular complexity index is 710. The molecule has 0 aliphatic carbocycles. The van der Waals surface area contributed by atoms with Gasteiger partial charge in [-0.1, -0.05) is 23.4 Å². The molecule has 1 aliphatic heterocycles. The normalized spacial score (nSPS) is 18.0. The number of likely N-dealkylation sites (tertiary alicyclic amines) is 1. The second-order valence-electron chi connectivity index (χ2n) is 6.42. The van der Waals surface area contributed by atoms with Crippen LogP contribution in [0.25, 0.3) is 0 Å². The number of carbonyl (C=O) groups excluding carboxylic acids is 1. The highest BCUT2D eigenvalue weighted by atomic mass is 16.5. The van der Waals surface area contributed by atoms with E-state index in [1.54, 1.807) is 0 Å². The van der Waals surface area contributed by atoms with Crippen molar-refractivity contribution < 1.29 is 9.32 Å². The molecule has 0 N–H and O–H groups in total. The van der Waals surface area contributed by atoms with Gasteiger partial charge in [-0.25, -0.2) is 0 Å². The van der Waals surface area contributed by atoms with Gasteiger partial charge in [0.05, 0.1) is 18.3 Å². The Labute approximate surface area is 143 Å². The molecule has 2 aromatic rings. The fourth-order valence-electron chi connectivity index (χ4n) is 3.48. The summed E-state index contributed by atoms with van der Waals surface area (Å²) >= 11 is 0. The molecule has 0 spiro atoms. The van der Waals surface area contributed by atoms with Gasteiger partial charge in [0.15, 0.2) is 5.76 Å². The minimum atomic E-state index is 0.134. The van der Waals surface area contributed by atoms with E-state index in [-0.39, 0.29) is 11.9 Å². The van der Waals surface area contributed by atoms with Gasteiger partial charge in [-0.05, 0) is 51.8 Å². The van der Waals surface area contributed by atoms with Gasteiger partial charge in [-0.2, -0.15) is 0 Å². The predicted molar refractivity (Wildman–Crippen MR) is 94.0 cm³/mol. The number of benzene rings is 1. The van der Waals surface area contributed by atoms with Gasteiger partial charge >= 0.3 is 0 Å². The van der Waals surface area contributed by atoms with Crippen LogP contribution >= 0.6 is 0 Å². The summed E-state index contributed by atoms with van der Waals surface area (Å²) in [6, 6.07) is 10.2. The van der Waals surface area contributed by atoms with E-state index in [1.807, 2.05) is 56.0 Å². The summed E-state index contributed by atoms with van der Waals surface area (Å²) < 4.78 is 5.43. The van der Waals surface area contributed by atoms with E-state index >= 15 is 0 Å². The number of carbonyl (C=O) groups is 1. The zero-order chi connectivity index (χ0) is 17.1. The summed E-state index contributed by atoms with van der Waals surface area (Å²) in [7, 11) is 0. The van der Waals surface area contributed by atoms with E-state index in [1.165, 1.54) is 0 Å². The zero-order valence-corrected chi connectivity index (χ0v) is 14.7. The molecule has 2 heterocycles. The van der Waals surface area contributed by atoms with Gasteiger partial charge in [-0.15, -0.1) is 0 Å². The molecule has 0 radical (unpaired) electrons. The highest BCUT2D eigenvalue weighted by molar-refractivity contribution is 5.95. The quantitative estimate of drug-likeness (QED) is 0.843. The predicted octanol–water partition coefficient (Wildman–Crippen LogP) is 3.48. The van der Waals surface area contributed by atoms with Crippen LogP contribution in [-0.4, -0.2) is 35.6 Å². The first-order valence-corrected chi connectivity index (χ1v) is 8.63. The summed E-state index contributed by atoms with van der Waals surface area (Å²) in [6.07, 6.45) is 2.09. The van der Waals surface area contributed by atoms with Crippen LogP contribution in [0.5, 0.6) is 0 Å². The maximum absolute atomic E-state index is 12.9. The molecular formula is C19H25N3O2. The molecule has 1 amide bonds. The molecule has 0 bridgehead atoms. The molecule has 0 unspecified atom stereocenters. The smallest absolute Gasteiger partial charge is 0.241 e. The average molecular weight is 327 g/mol. The number of amides is 1. The third-order valence-corrected chi connectivity index (χ3v) is 4.70. The standard InChI is InChI=1S/C19H25N3O2/c1-4-22(16-9-6-5-8-14(16)2)19(23)13-21-11-7-10-17(21)18-12-15(3)20-24-18/h5-6,8-9,12,17H,4,7,10-11,13H2,1-3H3/t17-/m1/s1.